The Kier molecular flexibility index (Phi) is 3.84. The summed E-state index contributed by atoms with van der Waals surface area (Å²) in [5.74, 6) is 2.24. The van der Waals surface area contributed by atoms with Gasteiger partial charge in [0, 0.05) is 17.8 Å². The van der Waals surface area contributed by atoms with Crippen molar-refractivity contribution in [2.24, 2.45) is 0 Å². The van der Waals surface area contributed by atoms with Crippen LogP contribution in [0, 0.1) is 6.92 Å². The number of anilines is 3. The summed E-state index contributed by atoms with van der Waals surface area (Å²) in [6.07, 6.45) is 2.18. The van der Waals surface area contributed by atoms with E-state index in [0.717, 1.165) is 53.5 Å². The molecular formula is C15H19N7S. The van der Waals surface area contributed by atoms with Gasteiger partial charge in [0.15, 0.2) is 11.6 Å². The van der Waals surface area contributed by atoms with Crippen LogP contribution in [-0.2, 0) is 0 Å². The van der Waals surface area contributed by atoms with Crippen molar-refractivity contribution in [3.63, 3.8) is 0 Å². The van der Waals surface area contributed by atoms with Crippen molar-refractivity contribution in [2.45, 2.75) is 25.8 Å². The smallest absolute Gasteiger partial charge is 0.225 e. The van der Waals surface area contributed by atoms with Gasteiger partial charge in [-0.25, -0.2) is 4.98 Å². The van der Waals surface area contributed by atoms with Crippen LogP contribution in [0.3, 0.4) is 0 Å². The highest BCUT2D eigenvalue weighted by molar-refractivity contribution is 7.17. The molecule has 0 aromatic carbocycles. The molecule has 4 heterocycles. The minimum absolute atomic E-state index is 0.424. The lowest BCUT2D eigenvalue weighted by Crippen LogP contribution is -2.35. The Morgan fingerprint density at radius 2 is 2.13 bits per heavy atom. The maximum Gasteiger partial charge on any atom is 0.225 e. The molecule has 4 rings (SSSR count). The zero-order valence-electron chi connectivity index (χ0n) is 12.9. The first-order valence-electron chi connectivity index (χ1n) is 7.79. The first-order chi connectivity index (χ1) is 11.3. The fourth-order valence-electron chi connectivity index (χ4n) is 2.76. The van der Waals surface area contributed by atoms with Crippen LogP contribution in [-0.4, -0.2) is 39.3 Å². The predicted octanol–water partition coefficient (Wildman–Crippen LogP) is 2.63. The Balaban J connectivity index is 1.63. The van der Waals surface area contributed by atoms with Crippen LogP contribution in [0.15, 0.2) is 17.5 Å². The van der Waals surface area contributed by atoms with Gasteiger partial charge in [0.2, 0.25) is 5.95 Å². The molecule has 0 spiro atoms. The Bertz CT molecular complexity index is 803. The molecule has 120 valence electrons. The third-order valence-electron chi connectivity index (χ3n) is 3.93. The van der Waals surface area contributed by atoms with Crippen molar-refractivity contribution in [3.8, 4) is 0 Å². The van der Waals surface area contributed by atoms with Crippen LogP contribution in [0.2, 0.25) is 0 Å². The molecule has 3 aromatic heterocycles. The monoisotopic (exact) mass is 329 g/mol. The molecule has 8 heteroatoms. The summed E-state index contributed by atoms with van der Waals surface area (Å²) in [6, 6.07) is 4.41. The van der Waals surface area contributed by atoms with E-state index in [0.29, 0.717) is 12.0 Å². The molecule has 0 atom stereocenters. The molecule has 0 amide bonds. The average Bonchev–Trinajstić information content (AvgIpc) is 3.17. The van der Waals surface area contributed by atoms with Gasteiger partial charge in [-0.15, -0.1) is 11.3 Å². The number of rotatable bonds is 4. The van der Waals surface area contributed by atoms with Crippen LogP contribution in [0.5, 0.6) is 0 Å². The van der Waals surface area contributed by atoms with E-state index in [4.69, 9.17) is 0 Å². The summed E-state index contributed by atoms with van der Waals surface area (Å²) < 4.78 is 1.04. The molecule has 1 fully saturated rings. The van der Waals surface area contributed by atoms with Gasteiger partial charge >= 0.3 is 0 Å². The lowest BCUT2D eigenvalue weighted by molar-refractivity contribution is 0.477. The van der Waals surface area contributed by atoms with E-state index >= 15 is 0 Å². The number of aromatic amines is 1. The fraction of sp³-hybridized carbons (Fsp3) is 0.400. The van der Waals surface area contributed by atoms with Crippen LogP contribution in [0.1, 0.15) is 18.5 Å². The molecule has 1 aliphatic rings. The maximum absolute atomic E-state index is 4.67. The molecule has 0 bridgehead atoms. The van der Waals surface area contributed by atoms with Gasteiger partial charge in [-0.05, 0) is 44.3 Å². The minimum atomic E-state index is 0.424. The largest absolute Gasteiger partial charge is 0.351 e. The highest BCUT2D eigenvalue weighted by Gasteiger charge is 2.16. The van der Waals surface area contributed by atoms with Crippen LogP contribution >= 0.6 is 11.3 Å². The van der Waals surface area contributed by atoms with Crippen molar-refractivity contribution in [1.82, 2.24) is 25.5 Å². The zero-order chi connectivity index (χ0) is 15.6. The van der Waals surface area contributed by atoms with Gasteiger partial charge < -0.3 is 16.0 Å². The summed E-state index contributed by atoms with van der Waals surface area (Å²) in [4.78, 5) is 9.31. The van der Waals surface area contributed by atoms with Crippen molar-refractivity contribution in [3.05, 3.63) is 23.2 Å². The van der Waals surface area contributed by atoms with Crippen molar-refractivity contribution in [1.29, 1.82) is 0 Å². The van der Waals surface area contributed by atoms with E-state index in [-0.39, 0.29) is 0 Å². The number of H-pyrrole nitrogens is 1. The lowest BCUT2D eigenvalue weighted by atomic mass is 10.1. The molecule has 4 N–H and O–H groups in total. The highest BCUT2D eigenvalue weighted by Crippen LogP contribution is 2.29. The SMILES string of the molecule is Cc1cc(Nc2nc(NC3CCNCC3)nc3ccsc23)n[nH]1. The first kappa shape index (κ1) is 14.4. The van der Waals surface area contributed by atoms with E-state index in [1.165, 1.54) is 0 Å². The van der Waals surface area contributed by atoms with Gasteiger partial charge in [0.1, 0.15) is 0 Å². The standard InChI is InChI=1S/C15H19N7S/c1-9-8-12(22-21-9)19-14-13-11(4-7-23-13)18-15(20-14)17-10-2-5-16-6-3-10/h4,7-8,10,16H,2-3,5-6H2,1H3,(H3,17,18,19,20,21,22). The third kappa shape index (κ3) is 3.13. The third-order valence-corrected chi connectivity index (χ3v) is 4.84. The molecule has 1 saturated heterocycles. The van der Waals surface area contributed by atoms with Crippen molar-refractivity contribution < 1.29 is 0 Å². The molecule has 7 nitrogen and oxygen atoms in total. The second-order valence-electron chi connectivity index (χ2n) is 5.76. The van der Waals surface area contributed by atoms with Gasteiger partial charge in [-0.3, -0.25) is 5.10 Å². The summed E-state index contributed by atoms with van der Waals surface area (Å²) in [5.41, 5.74) is 1.97. The molecule has 0 radical (unpaired) electrons. The van der Waals surface area contributed by atoms with Crippen molar-refractivity contribution >= 4 is 39.1 Å². The van der Waals surface area contributed by atoms with Gasteiger partial charge in [0.05, 0.1) is 10.2 Å². The Labute approximate surface area is 137 Å². The number of nitrogens with one attached hydrogen (secondary N) is 4. The van der Waals surface area contributed by atoms with Crippen LogP contribution in [0.25, 0.3) is 10.2 Å². The summed E-state index contributed by atoms with van der Waals surface area (Å²) >= 11 is 1.63. The second-order valence-corrected chi connectivity index (χ2v) is 6.68. The molecule has 3 aromatic rings. The minimum Gasteiger partial charge on any atom is -0.351 e. The Morgan fingerprint density at radius 3 is 2.91 bits per heavy atom. The predicted molar refractivity (Wildman–Crippen MR) is 93.5 cm³/mol. The quantitative estimate of drug-likeness (QED) is 0.588. The van der Waals surface area contributed by atoms with E-state index < -0.39 is 0 Å². The summed E-state index contributed by atoms with van der Waals surface area (Å²) in [5, 5.41) is 19.3. The van der Waals surface area contributed by atoms with E-state index in [1.54, 1.807) is 11.3 Å². The van der Waals surface area contributed by atoms with E-state index in [9.17, 15) is 0 Å². The fourth-order valence-corrected chi connectivity index (χ4v) is 3.54. The number of piperidine rings is 1. The zero-order valence-corrected chi connectivity index (χ0v) is 13.7. The number of thiophene rings is 1. The first-order valence-corrected chi connectivity index (χ1v) is 8.67. The molecule has 0 aliphatic carbocycles. The topological polar surface area (TPSA) is 90.6 Å². The summed E-state index contributed by atoms with van der Waals surface area (Å²) in [7, 11) is 0. The van der Waals surface area contributed by atoms with Crippen molar-refractivity contribution in [2.75, 3.05) is 23.7 Å². The summed E-state index contributed by atoms with van der Waals surface area (Å²) in [6.45, 7) is 4.05. The molecule has 1 aliphatic heterocycles. The van der Waals surface area contributed by atoms with Gasteiger partial charge in [-0.1, -0.05) is 0 Å². The number of hydrogen-bond acceptors (Lipinski definition) is 7. The molecular weight excluding hydrogens is 310 g/mol. The number of aryl methyl sites for hydroxylation is 1. The molecule has 0 saturated carbocycles. The van der Waals surface area contributed by atoms with Crippen LogP contribution < -0.4 is 16.0 Å². The lowest BCUT2D eigenvalue weighted by Gasteiger charge is -2.23. The Hall–Kier alpha value is -2.19. The van der Waals surface area contributed by atoms with Crippen LogP contribution in [0.4, 0.5) is 17.6 Å². The number of hydrogen-bond donors (Lipinski definition) is 4. The average molecular weight is 329 g/mol. The van der Waals surface area contributed by atoms with E-state index in [2.05, 4.69) is 36.1 Å². The van der Waals surface area contributed by atoms with Gasteiger partial charge in [0.25, 0.3) is 0 Å². The maximum atomic E-state index is 4.67. The van der Waals surface area contributed by atoms with Gasteiger partial charge in [-0.2, -0.15) is 10.1 Å². The highest BCUT2D eigenvalue weighted by atomic mass is 32.1. The second kappa shape index (κ2) is 6.13. The number of nitrogens with zero attached hydrogens (tertiary/aromatic N) is 3. The number of fused-ring (bicyclic) bond motifs is 1. The molecule has 23 heavy (non-hydrogen) atoms. The number of aromatic nitrogens is 4. The Morgan fingerprint density at radius 1 is 1.26 bits per heavy atom. The van der Waals surface area contributed by atoms with E-state index in [1.807, 2.05) is 24.4 Å². The molecule has 0 unspecified atom stereocenters. The normalized spacial score (nSPS) is 15.9.